The normalized spacial score (nSPS) is 21.7. The molecule has 0 aromatic carbocycles. The van der Waals surface area contributed by atoms with Crippen molar-refractivity contribution in [1.29, 1.82) is 0 Å². The van der Waals surface area contributed by atoms with E-state index in [1.807, 2.05) is 12.1 Å². The van der Waals surface area contributed by atoms with E-state index in [-0.39, 0.29) is 30.4 Å². The number of nitrogens with zero attached hydrogens (tertiary/aromatic N) is 4. The minimum atomic E-state index is -0.0254. The molecule has 2 aromatic rings. The van der Waals surface area contributed by atoms with Gasteiger partial charge in [0.05, 0.1) is 5.69 Å². The van der Waals surface area contributed by atoms with Gasteiger partial charge in [-0.15, -0.1) is 24.8 Å². The summed E-state index contributed by atoms with van der Waals surface area (Å²) >= 11 is 0. The van der Waals surface area contributed by atoms with Crippen molar-refractivity contribution in [2.24, 2.45) is 7.05 Å². The van der Waals surface area contributed by atoms with Gasteiger partial charge in [-0.2, -0.15) is 0 Å². The predicted octanol–water partition coefficient (Wildman–Crippen LogP) is 1.24. The average Bonchev–Trinajstić information content (AvgIpc) is 3.13. The van der Waals surface area contributed by atoms with Gasteiger partial charge in [-0.1, -0.05) is 0 Å². The van der Waals surface area contributed by atoms with Gasteiger partial charge >= 0.3 is 0 Å². The van der Waals surface area contributed by atoms with Crippen molar-refractivity contribution in [3.63, 3.8) is 0 Å². The molecule has 4 heterocycles. The molecule has 2 aromatic heterocycles. The summed E-state index contributed by atoms with van der Waals surface area (Å²) in [5.74, 6) is 0.767. The molecular formula is C15H19Cl2N5O. The summed E-state index contributed by atoms with van der Waals surface area (Å²) in [6.07, 6.45) is 4.57. The molecule has 0 saturated carbocycles. The Labute approximate surface area is 146 Å². The van der Waals surface area contributed by atoms with Crippen molar-refractivity contribution in [3.8, 4) is 11.3 Å². The maximum absolute atomic E-state index is 12.3. The molecule has 8 heteroatoms. The first-order valence-electron chi connectivity index (χ1n) is 7.21. The minimum Gasteiger partial charge on any atom is -0.336 e. The molecule has 2 fully saturated rings. The molecule has 6 nitrogen and oxygen atoms in total. The van der Waals surface area contributed by atoms with Crippen LogP contribution in [-0.2, 0) is 7.05 Å². The molecule has 2 bridgehead atoms. The highest BCUT2D eigenvalue weighted by atomic mass is 35.5. The second kappa shape index (κ2) is 6.86. The fraction of sp³-hybridized carbons (Fsp3) is 0.400. The molecule has 2 aliphatic rings. The maximum atomic E-state index is 12.3. The van der Waals surface area contributed by atoms with Crippen LogP contribution in [-0.4, -0.2) is 39.7 Å². The van der Waals surface area contributed by atoms with E-state index in [0.29, 0.717) is 17.8 Å². The molecule has 124 valence electrons. The van der Waals surface area contributed by atoms with E-state index in [4.69, 9.17) is 4.98 Å². The number of piperazine rings is 1. The molecule has 0 amide bonds. The number of hydrogen-bond donors (Lipinski definition) is 1. The highest BCUT2D eigenvalue weighted by Crippen LogP contribution is 2.28. The molecular weight excluding hydrogens is 337 g/mol. The van der Waals surface area contributed by atoms with Crippen LogP contribution >= 0.6 is 24.8 Å². The fourth-order valence-electron chi connectivity index (χ4n) is 3.26. The first-order chi connectivity index (χ1) is 10.2. The number of anilines is 1. The zero-order valence-corrected chi connectivity index (χ0v) is 14.3. The van der Waals surface area contributed by atoms with Crippen molar-refractivity contribution in [2.75, 3.05) is 18.0 Å². The van der Waals surface area contributed by atoms with Crippen LogP contribution in [0.1, 0.15) is 6.42 Å². The molecule has 1 unspecified atom stereocenters. The van der Waals surface area contributed by atoms with E-state index in [2.05, 4.69) is 15.2 Å². The van der Waals surface area contributed by atoms with E-state index in [0.717, 1.165) is 31.0 Å². The second-order valence-electron chi connectivity index (χ2n) is 5.72. The molecule has 0 spiro atoms. The van der Waals surface area contributed by atoms with Crippen molar-refractivity contribution in [1.82, 2.24) is 19.9 Å². The third kappa shape index (κ3) is 3.06. The topological polar surface area (TPSA) is 63.1 Å². The second-order valence-corrected chi connectivity index (χ2v) is 5.72. The van der Waals surface area contributed by atoms with Gasteiger partial charge in [0.2, 0.25) is 5.95 Å². The van der Waals surface area contributed by atoms with Crippen molar-refractivity contribution >= 4 is 30.8 Å². The Morgan fingerprint density at radius 1 is 1.26 bits per heavy atom. The number of fused-ring (bicyclic) bond motifs is 2. The quantitative estimate of drug-likeness (QED) is 0.877. The third-order valence-electron chi connectivity index (χ3n) is 4.40. The van der Waals surface area contributed by atoms with Crippen LogP contribution in [0.5, 0.6) is 0 Å². The van der Waals surface area contributed by atoms with Crippen LogP contribution in [0.25, 0.3) is 11.3 Å². The van der Waals surface area contributed by atoms with Crippen LogP contribution in [0.15, 0.2) is 35.4 Å². The van der Waals surface area contributed by atoms with Gasteiger partial charge in [0, 0.05) is 56.2 Å². The third-order valence-corrected chi connectivity index (χ3v) is 4.40. The molecule has 2 atom stereocenters. The Hall–Kier alpha value is -1.63. The Bertz CT molecular complexity index is 736. The lowest BCUT2D eigenvalue weighted by Gasteiger charge is -2.29. The van der Waals surface area contributed by atoms with E-state index >= 15 is 0 Å². The summed E-state index contributed by atoms with van der Waals surface area (Å²) in [4.78, 5) is 23.3. The van der Waals surface area contributed by atoms with Gasteiger partial charge in [0.1, 0.15) is 0 Å². The van der Waals surface area contributed by atoms with Gasteiger partial charge in [0.25, 0.3) is 5.56 Å². The van der Waals surface area contributed by atoms with Gasteiger partial charge < -0.3 is 10.2 Å². The maximum Gasteiger partial charge on any atom is 0.255 e. The lowest BCUT2D eigenvalue weighted by atomic mass is 10.2. The first-order valence-corrected chi connectivity index (χ1v) is 7.21. The minimum absolute atomic E-state index is 0. The van der Waals surface area contributed by atoms with Crippen molar-refractivity contribution in [3.05, 3.63) is 40.9 Å². The molecule has 23 heavy (non-hydrogen) atoms. The number of aromatic nitrogens is 3. The summed E-state index contributed by atoms with van der Waals surface area (Å²) in [6, 6.07) is 6.31. The van der Waals surface area contributed by atoms with Gasteiger partial charge in [-0.05, 0) is 18.6 Å². The molecule has 4 rings (SSSR count). The Balaban J connectivity index is 0.000000960. The lowest BCUT2D eigenvalue weighted by Crippen LogP contribution is -2.46. The Kier molecular flexibility index (Phi) is 5.29. The van der Waals surface area contributed by atoms with Crippen LogP contribution in [0.2, 0.25) is 0 Å². The SMILES string of the molecule is Cl.Cl.Cn1c(N2CC3C[C@H]2CN3)nc(-c2ccncc2)cc1=O. The zero-order chi connectivity index (χ0) is 14.4. The van der Waals surface area contributed by atoms with Crippen molar-refractivity contribution in [2.45, 2.75) is 18.5 Å². The van der Waals surface area contributed by atoms with Crippen LogP contribution < -0.4 is 15.8 Å². The molecule has 1 N–H and O–H groups in total. The summed E-state index contributed by atoms with van der Waals surface area (Å²) in [6.45, 7) is 1.89. The number of hydrogen-bond acceptors (Lipinski definition) is 5. The summed E-state index contributed by atoms with van der Waals surface area (Å²) in [5, 5.41) is 3.47. The van der Waals surface area contributed by atoms with Crippen LogP contribution in [0.4, 0.5) is 5.95 Å². The number of halogens is 2. The smallest absolute Gasteiger partial charge is 0.255 e. The monoisotopic (exact) mass is 355 g/mol. The standard InChI is InChI=1S/C15H17N5O.2ClH/c1-19-14(21)7-13(10-2-4-16-5-3-10)18-15(19)20-9-11-6-12(20)8-17-11;;/h2-5,7,11-12,17H,6,8-9H2,1H3;2*1H/t11?,12-;;/m0../s1. The number of pyridine rings is 1. The number of nitrogens with one attached hydrogen (secondary N) is 1. The summed E-state index contributed by atoms with van der Waals surface area (Å²) in [7, 11) is 1.79. The highest BCUT2D eigenvalue weighted by Gasteiger charge is 2.39. The van der Waals surface area contributed by atoms with Crippen molar-refractivity contribution < 1.29 is 0 Å². The summed E-state index contributed by atoms with van der Waals surface area (Å²) < 4.78 is 1.64. The van der Waals surface area contributed by atoms with E-state index < -0.39 is 0 Å². The number of rotatable bonds is 2. The lowest BCUT2D eigenvalue weighted by molar-refractivity contribution is 0.562. The molecule has 0 radical (unpaired) electrons. The van der Waals surface area contributed by atoms with Gasteiger partial charge in [0.15, 0.2) is 0 Å². The molecule has 2 aliphatic heterocycles. The van der Waals surface area contributed by atoms with Gasteiger partial charge in [-0.3, -0.25) is 14.3 Å². The van der Waals surface area contributed by atoms with E-state index in [1.165, 1.54) is 0 Å². The van der Waals surface area contributed by atoms with Gasteiger partial charge in [-0.25, -0.2) is 4.98 Å². The fourth-order valence-corrected chi connectivity index (χ4v) is 3.26. The predicted molar refractivity (Wildman–Crippen MR) is 94.7 cm³/mol. The molecule has 0 aliphatic carbocycles. The van der Waals surface area contributed by atoms with Crippen LogP contribution in [0, 0.1) is 0 Å². The highest BCUT2D eigenvalue weighted by molar-refractivity contribution is 5.85. The first kappa shape index (κ1) is 17.7. The average molecular weight is 356 g/mol. The van der Waals surface area contributed by atoms with Crippen LogP contribution in [0.3, 0.4) is 0 Å². The largest absolute Gasteiger partial charge is 0.336 e. The molecule has 2 saturated heterocycles. The van der Waals surface area contributed by atoms with E-state index in [1.54, 1.807) is 30.1 Å². The Morgan fingerprint density at radius 3 is 2.61 bits per heavy atom. The van der Waals surface area contributed by atoms with E-state index in [9.17, 15) is 4.79 Å². The zero-order valence-electron chi connectivity index (χ0n) is 12.7. The summed E-state index contributed by atoms with van der Waals surface area (Å²) in [5.41, 5.74) is 1.61. The Morgan fingerprint density at radius 2 is 2.00 bits per heavy atom.